The van der Waals surface area contributed by atoms with Crippen molar-refractivity contribution in [2.24, 2.45) is 5.73 Å². The van der Waals surface area contributed by atoms with Crippen molar-refractivity contribution in [1.82, 2.24) is 10.2 Å². The Morgan fingerprint density at radius 2 is 2.07 bits per heavy atom. The van der Waals surface area contributed by atoms with E-state index in [0.29, 0.717) is 18.2 Å². The van der Waals surface area contributed by atoms with Crippen LogP contribution in [0.4, 0.5) is 0 Å². The Morgan fingerprint density at radius 1 is 1.43 bits per heavy atom. The van der Waals surface area contributed by atoms with Gasteiger partial charge in [-0.2, -0.15) is 0 Å². The van der Waals surface area contributed by atoms with Crippen LogP contribution in [0.3, 0.4) is 0 Å². The molecule has 14 heavy (non-hydrogen) atoms. The molecule has 1 aromatic heterocycles. The first-order chi connectivity index (χ1) is 6.04. The molecule has 1 heterocycles. The van der Waals surface area contributed by atoms with Crippen LogP contribution in [0.25, 0.3) is 0 Å². The van der Waals surface area contributed by atoms with Gasteiger partial charge in [0.15, 0.2) is 0 Å². The second-order valence-corrected chi connectivity index (χ2v) is 4.47. The number of nitrogens with zero attached hydrogens (tertiary/aromatic N) is 2. The van der Waals surface area contributed by atoms with E-state index in [2.05, 4.69) is 10.2 Å². The number of rotatable bonds is 3. The highest BCUT2D eigenvalue weighted by molar-refractivity contribution is 5.85. The quantitative estimate of drug-likeness (QED) is 0.836. The van der Waals surface area contributed by atoms with Gasteiger partial charge in [0.2, 0.25) is 11.8 Å². The Bertz CT molecular complexity index is 301. The molecule has 0 spiro atoms. The molecule has 1 saturated carbocycles. The van der Waals surface area contributed by atoms with Gasteiger partial charge in [-0.1, -0.05) is 0 Å². The summed E-state index contributed by atoms with van der Waals surface area (Å²) in [6, 6.07) is 0. The number of halogens is 1. The second kappa shape index (κ2) is 3.87. The molecule has 80 valence electrons. The molecule has 1 fully saturated rings. The van der Waals surface area contributed by atoms with E-state index in [1.54, 1.807) is 0 Å². The van der Waals surface area contributed by atoms with Gasteiger partial charge in [-0.05, 0) is 26.7 Å². The molecule has 1 aliphatic carbocycles. The Labute approximate surface area is 89.7 Å². The highest BCUT2D eigenvalue weighted by Gasteiger charge is 2.29. The summed E-state index contributed by atoms with van der Waals surface area (Å²) in [5.41, 5.74) is 5.57. The molecule has 0 aliphatic heterocycles. The Hall–Kier alpha value is -0.610. The topological polar surface area (TPSA) is 64.9 Å². The zero-order valence-corrected chi connectivity index (χ0v) is 9.30. The van der Waals surface area contributed by atoms with Crippen molar-refractivity contribution in [3.63, 3.8) is 0 Å². The lowest BCUT2D eigenvalue weighted by molar-refractivity contribution is 0.399. The first-order valence-corrected chi connectivity index (χ1v) is 4.66. The molecule has 0 unspecified atom stereocenters. The molecule has 0 aromatic carbocycles. The molecule has 4 nitrogen and oxygen atoms in total. The monoisotopic (exact) mass is 217 g/mol. The lowest BCUT2D eigenvalue weighted by atomic mass is 10.0. The van der Waals surface area contributed by atoms with Crippen LogP contribution in [-0.2, 0) is 6.42 Å². The van der Waals surface area contributed by atoms with Gasteiger partial charge in [-0.25, -0.2) is 0 Å². The van der Waals surface area contributed by atoms with Crippen LogP contribution in [0.1, 0.15) is 44.4 Å². The molecule has 5 heteroatoms. The zero-order valence-electron chi connectivity index (χ0n) is 8.49. The van der Waals surface area contributed by atoms with Crippen molar-refractivity contribution < 1.29 is 4.42 Å². The molecule has 0 saturated heterocycles. The fraction of sp³-hybridized carbons (Fsp3) is 0.778. The fourth-order valence-corrected chi connectivity index (χ4v) is 1.22. The molecule has 0 bridgehead atoms. The minimum absolute atomic E-state index is 0. The second-order valence-electron chi connectivity index (χ2n) is 4.47. The van der Waals surface area contributed by atoms with E-state index in [-0.39, 0.29) is 17.9 Å². The van der Waals surface area contributed by atoms with Crippen LogP contribution in [0.15, 0.2) is 4.42 Å². The van der Waals surface area contributed by atoms with Crippen LogP contribution < -0.4 is 5.73 Å². The number of aromatic nitrogens is 2. The van der Waals surface area contributed by atoms with E-state index < -0.39 is 0 Å². The third-order valence-corrected chi connectivity index (χ3v) is 2.02. The van der Waals surface area contributed by atoms with Gasteiger partial charge in [0.05, 0.1) is 0 Å². The van der Waals surface area contributed by atoms with Crippen LogP contribution in [0.2, 0.25) is 0 Å². The lowest BCUT2D eigenvalue weighted by Crippen LogP contribution is -2.34. The summed E-state index contributed by atoms with van der Waals surface area (Å²) in [6.45, 7) is 3.90. The summed E-state index contributed by atoms with van der Waals surface area (Å²) in [5, 5.41) is 7.96. The summed E-state index contributed by atoms with van der Waals surface area (Å²) in [5.74, 6) is 1.98. The number of nitrogens with two attached hydrogens (primary N) is 1. The van der Waals surface area contributed by atoms with Crippen molar-refractivity contribution in [3.8, 4) is 0 Å². The van der Waals surface area contributed by atoms with Crippen LogP contribution >= 0.6 is 12.4 Å². The van der Waals surface area contributed by atoms with Crippen molar-refractivity contribution in [2.45, 2.75) is 44.6 Å². The van der Waals surface area contributed by atoms with Gasteiger partial charge in [0.1, 0.15) is 0 Å². The number of hydrogen-bond donors (Lipinski definition) is 1. The van der Waals surface area contributed by atoms with Crippen LogP contribution in [0.5, 0.6) is 0 Å². The standard InChI is InChI=1S/C9H15N3O.ClH/c1-9(2,10)5-7-11-12-8(13-7)6-3-4-6;/h6H,3-5,10H2,1-2H3;1H. The summed E-state index contributed by atoms with van der Waals surface area (Å²) < 4.78 is 5.48. The SMILES string of the molecule is CC(C)(N)Cc1nnc(C2CC2)o1.Cl. The van der Waals surface area contributed by atoms with E-state index >= 15 is 0 Å². The summed E-state index contributed by atoms with van der Waals surface area (Å²) in [7, 11) is 0. The van der Waals surface area contributed by atoms with Gasteiger partial charge in [-0.3, -0.25) is 0 Å². The van der Waals surface area contributed by atoms with Crippen molar-refractivity contribution in [2.75, 3.05) is 0 Å². The first-order valence-electron chi connectivity index (χ1n) is 4.66. The fourth-order valence-electron chi connectivity index (χ4n) is 1.22. The minimum Gasteiger partial charge on any atom is -0.425 e. The molecule has 0 amide bonds. The van der Waals surface area contributed by atoms with Gasteiger partial charge < -0.3 is 10.2 Å². The molecular weight excluding hydrogens is 202 g/mol. The third-order valence-electron chi connectivity index (χ3n) is 2.02. The normalized spacial score (nSPS) is 16.5. The lowest BCUT2D eigenvalue weighted by Gasteiger charge is -2.14. The summed E-state index contributed by atoms with van der Waals surface area (Å²) in [6.07, 6.45) is 3.02. The zero-order chi connectivity index (χ0) is 9.47. The maximum absolute atomic E-state index is 5.84. The number of hydrogen-bond acceptors (Lipinski definition) is 4. The first kappa shape index (κ1) is 11.5. The molecule has 2 rings (SSSR count). The molecule has 0 atom stereocenters. The van der Waals surface area contributed by atoms with Crippen molar-refractivity contribution in [1.29, 1.82) is 0 Å². The summed E-state index contributed by atoms with van der Waals surface area (Å²) >= 11 is 0. The highest BCUT2D eigenvalue weighted by Crippen LogP contribution is 2.39. The minimum atomic E-state index is -0.270. The third kappa shape index (κ3) is 2.96. The van der Waals surface area contributed by atoms with Gasteiger partial charge in [0, 0.05) is 17.9 Å². The van der Waals surface area contributed by atoms with E-state index in [4.69, 9.17) is 10.2 Å². The molecular formula is C9H16ClN3O. The molecule has 2 N–H and O–H groups in total. The maximum Gasteiger partial charge on any atom is 0.219 e. The van der Waals surface area contributed by atoms with E-state index in [1.165, 1.54) is 12.8 Å². The molecule has 1 aromatic rings. The van der Waals surface area contributed by atoms with Crippen LogP contribution in [0, 0.1) is 0 Å². The average Bonchev–Trinajstić information content (AvgIpc) is 2.72. The Balaban J connectivity index is 0.000000980. The van der Waals surface area contributed by atoms with Gasteiger partial charge in [0.25, 0.3) is 0 Å². The predicted molar refractivity (Wildman–Crippen MR) is 55.5 cm³/mol. The Kier molecular flexibility index (Phi) is 3.17. The summed E-state index contributed by atoms with van der Waals surface area (Å²) in [4.78, 5) is 0. The predicted octanol–water partition coefficient (Wildman–Crippen LogP) is 1.65. The molecule has 1 aliphatic rings. The van der Waals surface area contributed by atoms with Crippen LogP contribution in [-0.4, -0.2) is 15.7 Å². The van der Waals surface area contributed by atoms with Crippen molar-refractivity contribution >= 4 is 12.4 Å². The van der Waals surface area contributed by atoms with Gasteiger partial charge in [-0.15, -0.1) is 22.6 Å². The smallest absolute Gasteiger partial charge is 0.219 e. The van der Waals surface area contributed by atoms with Crippen molar-refractivity contribution in [3.05, 3.63) is 11.8 Å². The average molecular weight is 218 g/mol. The van der Waals surface area contributed by atoms with E-state index in [1.807, 2.05) is 13.8 Å². The molecule has 0 radical (unpaired) electrons. The maximum atomic E-state index is 5.84. The highest BCUT2D eigenvalue weighted by atomic mass is 35.5. The Morgan fingerprint density at radius 3 is 2.57 bits per heavy atom. The van der Waals surface area contributed by atoms with E-state index in [0.717, 1.165) is 5.89 Å². The largest absolute Gasteiger partial charge is 0.425 e. The van der Waals surface area contributed by atoms with E-state index in [9.17, 15) is 0 Å². The van der Waals surface area contributed by atoms with Gasteiger partial charge >= 0.3 is 0 Å².